The summed E-state index contributed by atoms with van der Waals surface area (Å²) in [5.41, 5.74) is 4.45. The molecule has 0 unspecified atom stereocenters. The average Bonchev–Trinajstić information content (AvgIpc) is 2.99. The van der Waals surface area contributed by atoms with Crippen molar-refractivity contribution in [2.24, 2.45) is 11.8 Å². The third-order valence-electron chi connectivity index (χ3n) is 3.43. The fraction of sp³-hybridized carbons (Fsp3) is 0.533. The molecule has 0 aliphatic carbocycles. The molecule has 22 heavy (non-hydrogen) atoms. The van der Waals surface area contributed by atoms with Gasteiger partial charge in [-0.15, -0.1) is 0 Å². The summed E-state index contributed by atoms with van der Waals surface area (Å²) in [4.78, 5) is 34.4. The quantitative estimate of drug-likeness (QED) is 0.684. The second-order valence-electron chi connectivity index (χ2n) is 5.23. The second kappa shape index (κ2) is 8.86. The van der Waals surface area contributed by atoms with Crippen LogP contribution < -0.4 is 16.0 Å². The minimum atomic E-state index is -1.15. The molecular weight excluding hydrogens is 288 g/mol. The van der Waals surface area contributed by atoms with Crippen LogP contribution in [0, 0.1) is 11.8 Å². The maximum atomic E-state index is 11.8. The molecular formula is C15H21N2O5-. The van der Waals surface area contributed by atoms with E-state index < -0.39 is 23.7 Å². The van der Waals surface area contributed by atoms with Crippen molar-refractivity contribution >= 4 is 17.8 Å². The molecule has 0 fully saturated rings. The molecule has 0 saturated heterocycles. The van der Waals surface area contributed by atoms with Crippen LogP contribution in [0.3, 0.4) is 0 Å². The van der Waals surface area contributed by atoms with Gasteiger partial charge in [0.05, 0.1) is 6.26 Å². The Bertz CT molecular complexity index is 498. The first-order valence-electron chi connectivity index (χ1n) is 7.29. The lowest BCUT2D eigenvalue weighted by atomic mass is 9.87. The maximum Gasteiger partial charge on any atom is 0.305 e. The molecule has 0 aliphatic heterocycles. The van der Waals surface area contributed by atoms with Gasteiger partial charge >= 0.3 is 5.91 Å². The lowest BCUT2D eigenvalue weighted by molar-refractivity contribution is -0.313. The van der Waals surface area contributed by atoms with Crippen LogP contribution in [-0.2, 0) is 9.59 Å². The largest absolute Gasteiger partial charge is 0.550 e. The third-order valence-corrected chi connectivity index (χ3v) is 3.43. The SMILES string of the molecule is CCCC[C@H](C(=O)[O-])[C@H](C)CC(=O)NNC(=O)c1ccco1. The molecule has 0 spiro atoms. The van der Waals surface area contributed by atoms with E-state index in [9.17, 15) is 19.5 Å². The number of carbonyl (C=O) groups excluding carboxylic acids is 3. The molecule has 2 N–H and O–H groups in total. The number of aliphatic carboxylic acids is 1. The number of rotatable bonds is 8. The number of unbranched alkanes of at least 4 members (excludes halogenated alkanes) is 1. The van der Waals surface area contributed by atoms with Crippen LogP contribution in [0.25, 0.3) is 0 Å². The molecule has 0 aromatic carbocycles. The average molecular weight is 309 g/mol. The van der Waals surface area contributed by atoms with Crippen molar-refractivity contribution in [1.29, 1.82) is 0 Å². The zero-order chi connectivity index (χ0) is 16.5. The van der Waals surface area contributed by atoms with E-state index in [2.05, 4.69) is 10.9 Å². The fourth-order valence-electron chi connectivity index (χ4n) is 2.14. The summed E-state index contributed by atoms with van der Waals surface area (Å²) in [6, 6.07) is 3.01. The summed E-state index contributed by atoms with van der Waals surface area (Å²) in [7, 11) is 0. The minimum Gasteiger partial charge on any atom is -0.550 e. The van der Waals surface area contributed by atoms with Gasteiger partial charge in [0.15, 0.2) is 5.76 Å². The summed E-state index contributed by atoms with van der Waals surface area (Å²) in [6.07, 6.45) is 3.45. The van der Waals surface area contributed by atoms with Crippen molar-refractivity contribution in [1.82, 2.24) is 10.9 Å². The topological polar surface area (TPSA) is 111 Å². The Balaban J connectivity index is 2.42. The second-order valence-corrected chi connectivity index (χ2v) is 5.23. The van der Waals surface area contributed by atoms with Gasteiger partial charge in [-0.3, -0.25) is 20.4 Å². The number of hydrogen-bond donors (Lipinski definition) is 2. The van der Waals surface area contributed by atoms with E-state index in [1.54, 1.807) is 13.0 Å². The fourth-order valence-corrected chi connectivity index (χ4v) is 2.14. The Labute approximate surface area is 129 Å². The van der Waals surface area contributed by atoms with Gasteiger partial charge in [-0.2, -0.15) is 0 Å². The molecule has 1 aromatic heterocycles. The number of amides is 2. The van der Waals surface area contributed by atoms with Gasteiger partial charge in [-0.25, -0.2) is 0 Å². The van der Waals surface area contributed by atoms with E-state index in [0.717, 1.165) is 12.8 Å². The summed E-state index contributed by atoms with van der Waals surface area (Å²) < 4.78 is 4.87. The van der Waals surface area contributed by atoms with Crippen molar-refractivity contribution < 1.29 is 23.9 Å². The summed E-state index contributed by atoms with van der Waals surface area (Å²) in [5, 5.41) is 11.1. The van der Waals surface area contributed by atoms with Crippen LogP contribution >= 0.6 is 0 Å². The molecule has 1 heterocycles. The first kappa shape index (κ1) is 17.7. The van der Waals surface area contributed by atoms with Gasteiger partial charge < -0.3 is 14.3 Å². The highest BCUT2D eigenvalue weighted by molar-refractivity contribution is 5.92. The van der Waals surface area contributed by atoms with Gasteiger partial charge in [0.25, 0.3) is 0 Å². The van der Waals surface area contributed by atoms with Gasteiger partial charge in [0, 0.05) is 18.3 Å². The minimum absolute atomic E-state index is 0.0131. The standard InChI is InChI=1S/C15H22N2O5/c1-3-4-6-11(15(20)21)10(2)9-13(18)16-17-14(19)12-7-5-8-22-12/h5,7-8,10-11H,3-4,6,9H2,1-2H3,(H,16,18)(H,17,19)(H,20,21)/p-1/t10-,11+/m1/s1. The first-order chi connectivity index (χ1) is 10.5. The molecule has 0 saturated carbocycles. The predicted octanol–water partition coefficient (Wildman–Crippen LogP) is 0.623. The molecule has 0 radical (unpaired) electrons. The number of hydrogen-bond acceptors (Lipinski definition) is 5. The molecule has 2 atom stereocenters. The Morgan fingerprint density at radius 2 is 2.05 bits per heavy atom. The van der Waals surface area contributed by atoms with E-state index in [4.69, 9.17) is 4.42 Å². The first-order valence-corrected chi connectivity index (χ1v) is 7.29. The Morgan fingerprint density at radius 1 is 1.32 bits per heavy atom. The van der Waals surface area contributed by atoms with Gasteiger partial charge in [0.2, 0.25) is 5.91 Å². The number of nitrogens with one attached hydrogen (secondary N) is 2. The van der Waals surface area contributed by atoms with E-state index >= 15 is 0 Å². The zero-order valence-corrected chi connectivity index (χ0v) is 12.8. The van der Waals surface area contributed by atoms with Crippen molar-refractivity contribution in [3.63, 3.8) is 0 Å². The van der Waals surface area contributed by atoms with Crippen LogP contribution in [-0.4, -0.2) is 17.8 Å². The van der Waals surface area contributed by atoms with E-state index in [0.29, 0.717) is 6.42 Å². The number of furan rings is 1. The summed E-state index contributed by atoms with van der Waals surface area (Å²) in [5.74, 6) is -3.16. The highest BCUT2D eigenvalue weighted by atomic mass is 16.4. The van der Waals surface area contributed by atoms with E-state index in [-0.39, 0.29) is 18.1 Å². The maximum absolute atomic E-state index is 11.8. The van der Waals surface area contributed by atoms with Crippen molar-refractivity contribution in [3.8, 4) is 0 Å². The lowest BCUT2D eigenvalue weighted by Crippen LogP contribution is -2.43. The van der Waals surface area contributed by atoms with Crippen molar-refractivity contribution in [2.45, 2.75) is 39.5 Å². The number of carbonyl (C=O) groups is 3. The van der Waals surface area contributed by atoms with Gasteiger partial charge in [0.1, 0.15) is 0 Å². The molecule has 0 bridgehead atoms. The molecule has 2 amide bonds. The summed E-state index contributed by atoms with van der Waals surface area (Å²) >= 11 is 0. The van der Waals surface area contributed by atoms with Crippen LogP contribution in [0.4, 0.5) is 0 Å². The van der Waals surface area contributed by atoms with Crippen LogP contribution in [0.2, 0.25) is 0 Å². The Hall–Kier alpha value is -2.31. The smallest absolute Gasteiger partial charge is 0.305 e. The van der Waals surface area contributed by atoms with Crippen LogP contribution in [0.1, 0.15) is 50.1 Å². The zero-order valence-electron chi connectivity index (χ0n) is 12.8. The van der Waals surface area contributed by atoms with Crippen molar-refractivity contribution in [2.75, 3.05) is 0 Å². The molecule has 1 aromatic rings. The number of hydrazine groups is 1. The predicted molar refractivity (Wildman–Crippen MR) is 76.1 cm³/mol. The highest BCUT2D eigenvalue weighted by Crippen LogP contribution is 2.21. The molecule has 122 valence electrons. The van der Waals surface area contributed by atoms with Crippen molar-refractivity contribution in [3.05, 3.63) is 24.2 Å². The van der Waals surface area contributed by atoms with E-state index in [1.807, 2.05) is 6.92 Å². The van der Waals surface area contributed by atoms with Crippen LogP contribution in [0.15, 0.2) is 22.8 Å². The number of carboxylic acids is 1. The monoisotopic (exact) mass is 309 g/mol. The molecule has 0 aliphatic rings. The van der Waals surface area contributed by atoms with Crippen LogP contribution in [0.5, 0.6) is 0 Å². The molecule has 7 heteroatoms. The molecule has 1 rings (SSSR count). The number of carboxylic acid groups (broad SMARTS) is 1. The third kappa shape index (κ3) is 5.59. The van der Waals surface area contributed by atoms with Gasteiger partial charge in [-0.05, 0) is 24.5 Å². The Kier molecular flexibility index (Phi) is 7.15. The Morgan fingerprint density at radius 3 is 2.59 bits per heavy atom. The lowest BCUT2D eigenvalue weighted by Gasteiger charge is -2.24. The van der Waals surface area contributed by atoms with E-state index in [1.165, 1.54) is 12.3 Å². The van der Waals surface area contributed by atoms with Gasteiger partial charge in [-0.1, -0.05) is 26.7 Å². The molecule has 7 nitrogen and oxygen atoms in total. The highest BCUT2D eigenvalue weighted by Gasteiger charge is 2.21. The summed E-state index contributed by atoms with van der Waals surface area (Å²) in [6.45, 7) is 3.65. The normalized spacial score (nSPS) is 13.2.